The Balaban J connectivity index is 2.55. The van der Waals surface area contributed by atoms with Crippen molar-refractivity contribution in [3.63, 3.8) is 0 Å². The SMILES string of the molecule is COCC(NC(=O)N(CC(=O)O)CC1CC1)C(C)C. The van der Waals surface area contributed by atoms with Crippen LogP contribution in [0.1, 0.15) is 26.7 Å². The van der Waals surface area contributed by atoms with Gasteiger partial charge in [0.05, 0.1) is 12.6 Å². The standard InChI is InChI=1S/C13H24N2O4/c1-9(2)11(8-19-3)14-13(18)15(7-12(16)17)6-10-4-5-10/h9-11H,4-8H2,1-3H3,(H,14,18)(H,16,17). The number of hydrogen-bond donors (Lipinski definition) is 2. The maximum absolute atomic E-state index is 12.1. The monoisotopic (exact) mass is 272 g/mol. The van der Waals surface area contributed by atoms with Crippen molar-refractivity contribution >= 4 is 12.0 Å². The van der Waals surface area contributed by atoms with Crippen LogP contribution in [0.2, 0.25) is 0 Å². The van der Waals surface area contributed by atoms with Gasteiger partial charge in [-0.25, -0.2) is 4.79 Å². The van der Waals surface area contributed by atoms with E-state index >= 15 is 0 Å². The van der Waals surface area contributed by atoms with Gasteiger partial charge < -0.3 is 20.1 Å². The highest BCUT2D eigenvalue weighted by Gasteiger charge is 2.29. The zero-order valence-corrected chi connectivity index (χ0v) is 11.9. The van der Waals surface area contributed by atoms with Crippen molar-refractivity contribution in [2.75, 3.05) is 26.8 Å². The number of aliphatic carboxylic acids is 1. The molecule has 0 radical (unpaired) electrons. The van der Waals surface area contributed by atoms with Crippen LogP contribution in [0.3, 0.4) is 0 Å². The number of urea groups is 1. The summed E-state index contributed by atoms with van der Waals surface area (Å²) in [5.41, 5.74) is 0. The van der Waals surface area contributed by atoms with Gasteiger partial charge in [0.2, 0.25) is 0 Å². The van der Waals surface area contributed by atoms with Gasteiger partial charge >= 0.3 is 12.0 Å². The molecule has 1 atom stereocenters. The molecule has 0 spiro atoms. The largest absolute Gasteiger partial charge is 0.480 e. The average molecular weight is 272 g/mol. The Labute approximate surface area is 114 Å². The summed E-state index contributed by atoms with van der Waals surface area (Å²) in [4.78, 5) is 24.3. The summed E-state index contributed by atoms with van der Waals surface area (Å²) in [6.07, 6.45) is 2.16. The van der Waals surface area contributed by atoms with Gasteiger partial charge in [0.25, 0.3) is 0 Å². The third kappa shape index (κ3) is 5.92. The maximum atomic E-state index is 12.1. The molecular formula is C13H24N2O4. The highest BCUT2D eigenvalue weighted by Crippen LogP contribution is 2.29. The van der Waals surface area contributed by atoms with E-state index < -0.39 is 5.97 Å². The molecule has 6 nitrogen and oxygen atoms in total. The number of carboxylic acids is 1. The molecule has 110 valence electrons. The first-order chi connectivity index (χ1) is 8.93. The van der Waals surface area contributed by atoms with Gasteiger partial charge in [-0.3, -0.25) is 4.79 Å². The normalized spacial score (nSPS) is 16.2. The number of nitrogens with zero attached hydrogens (tertiary/aromatic N) is 1. The molecule has 0 aliphatic heterocycles. The first-order valence-corrected chi connectivity index (χ1v) is 6.70. The van der Waals surface area contributed by atoms with E-state index in [-0.39, 0.29) is 24.5 Å². The lowest BCUT2D eigenvalue weighted by Crippen LogP contribution is -2.50. The summed E-state index contributed by atoms with van der Waals surface area (Å²) < 4.78 is 5.07. The molecule has 19 heavy (non-hydrogen) atoms. The lowest BCUT2D eigenvalue weighted by Gasteiger charge is -2.27. The predicted octanol–water partition coefficient (Wildman–Crippen LogP) is 1.16. The fourth-order valence-electron chi connectivity index (χ4n) is 1.82. The average Bonchev–Trinajstić information content (AvgIpc) is 3.10. The van der Waals surface area contributed by atoms with Crippen LogP contribution in [-0.4, -0.2) is 54.9 Å². The molecule has 1 saturated carbocycles. The Kier molecular flexibility index (Phi) is 6.08. The molecule has 1 unspecified atom stereocenters. The number of hydrogen-bond acceptors (Lipinski definition) is 3. The van der Waals surface area contributed by atoms with Crippen molar-refractivity contribution < 1.29 is 19.4 Å². The molecular weight excluding hydrogens is 248 g/mol. The zero-order valence-electron chi connectivity index (χ0n) is 11.9. The Bertz CT molecular complexity index is 316. The number of rotatable bonds is 8. The van der Waals surface area contributed by atoms with Crippen LogP contribution in [0, 0.1) is 11.8 Å². The maximum Gasteiger partial charge on any atom is 0.323 e. The number of carbonyl (C=O) groups excluding carboxylic acids is 1. The fraction of sp³-hybridized carbons (Fsp3) is 0.846. The Hall–Kier alpha value is -1.30. The highest BCUT2D eigenvalue weighted by atomic mass is 16.5. The van der Waals surface area contributed by atoms with Gasteiger partial charge in [0.1, 0.15) is 6.54 Å². The molecule has 1 aliphatic rings. The molecule has 0 aromatic rings. The Morgan fingerprint density at radius 3 is 2.47 bits per heavy atom. The second kappa shape index (κ2) is 7.33. The second-order valence-electron chi connectivity index (χ2n) is 5.47. The summed E-state index contributed by atoms with van der Waals surface area (Å²) in [5.74, 6) is -0.287. The Morgan fingerprint density at radius 2 is 2.05 bits per heavy atom. The van der Waals surface area contributed by atoms with Crippen LogP contribution in [0.4, 0.5) is 4.79 Å². The van der Waals surface area contributed by atoms with Gasteiger partial charge in [-0.1, -0.05) is 13.8 Å². The van der Waals surface area contributed by atoms with Crippen molar-refractivity contribution in [3.05, 3.63) is 0 Å². The fourth-order valence-corrected chi connectivity index (χ4v) is 1.82. The first-order valence-electron chi connectivity index (χ1n) is 6.70. The molecule has 0 saturated heterocycles. The highest BCUT2D eigenvalue weighted by molar-refractivity contribution is 5.80. The Morgan fingerprint density at radius 1 is 1.42 bits per heavy atom. The van der Waals surface area contributed by atoms with Gasteiger partial charge in [0, 0.05) is 13.7 Å². The number of nitrogens with one attached hydrogen (secondary N) is 1. The lowest BCUT2D eigenvalue weighted by atomic mass is 10.1. The van der Waals surface area contributed by atoms with Gasteiger partial charge in [-0.15, -0.1) is 0 Å². The smallest absolute Gasteiger partial charge is 0.323 e. The molecule has 1 rings (SSSR count). The van der Waals surface area contributed by atoms with E-state index in [0.717, 1.165) is 12.8 Å². The van der Waals surface area contributed by atoms with E-state index in [1.54, 1.807) is 7.11 Å². The van der Waals surface area contributed by atoms with Crippen LogP contribution in [0.5, 0.6) is 0 Å². The van der Waals surface area contributed by atoms with E-state index in [1.165, 1.54) is 4.90 Å². The lowest BCUT2D eigenvalue weighted by molar-refractivity contribution is -0.137. The predicted molar refractivity (Wildman–Crippen MR) is 71.0 cm³/mol. The van der Waals surface area contributed by atoms with Crippen molar-refractivity contribution in [2.24, 2.45) is 11.8 Å². The van der Waals surface area contributed by atoms with Gasteiger partial charge in [-0.05, 0) is 24.7 Å². The minimum Gasteiger partial charge on any atom is -0.480 e. The summed E-state index contributed by atoms with van der Waals surface area (Å²) in [6, 6.07) is -0.418. The number of amides is 2. The number of ether oxygens (including phenoxy) is 1. The minimum atomic E-state index is -0.983. The molecule has 2 N–H and O–H groups in total. The van der Waals surface area contributed by atoms with E-state index in [0.29, 0.717) is 19.1 Å². The van der Waals surface area contributed by atoms with E-state index in [2.05, 4.69) is 5.32 Å². The topological polar surface area (TPSA) is 78.9 Å². The molecule has 0 aromatic carbocycles. The molecule has 1 aliphatic carbocycles. The van der Waals surface area contributed by atoms with Crippen LogP contribution < -0.4 is 5.32 Å². The van der Waals surface area contributed by atoms with Crippen molar-refractivity contribution in [1.82, 2.24) is 10.2 Å². The second-order valence-corrected chi connectivity index (χ2v) is 5.47. The molecule has 1 fully saturated rings. The van der Waals surface area contributed by atoms with Crippen molar-refractivity contribution in [2.45, 2.75) is 32.7 Å². The van der Waals surface area contributed by atoms with Crippen molar-refractivity contribution in [1.29, 1.82) is 0 Å². The van der Waals surface area contributed by atoms with Gasteiger partial charge in [-0.2, -0.15) is 0 Å². The van der Waals surface area contributed by atoms with Crippen LogP contribution in [0.15, 0.2) is 0 Å². The molecule has 6 heteroatoms. The first kappa shape index (κ1) is 15.8. The van der Waals surface area contributed by atoms with Gasteiger partial charge in [0.15, 0.2) is 0 Å². The van der Waals surface area contributed by atoms with Crippen molar-refractivity contribution in [3.8, 4) is 0 Å². The number of carbonyl (C=O) groups is 2. The van der Waals surface area contributed by atoms with Crippen LogP contribution in [-0.2, 0) is 9.53 Å². The molecule has 0 heterocycles. The summed E-state index contributed by atoms with van der Waals surface area (Å²) in [6.45, 7) is 4.68. The quantitative estimate of drug-likeness (QED) is 0.695. The third-order valence-corrected chi connectivity index (χ3v) is 3.25. The zero-order chi connectivity index (χ0) is 14.4. The molecule has 0 bridgehead atoms. The molecule has 2 amide bonds. The molecule has 0 aromatic heterocycles. The van der Waals surface area contributed by atoms with E-state index in [1.807, 2.05) is 13.8 Å². The van der Waals surface area contributed by atoms with Crippen LogP contribution in [0.25, 0.3) is 0 Å². The summed E-state index contributed by atoms with van der Waals surface area (Å²) >= 11 is 0. The minimum absolute atomic E-state index is 0.104. The van der Waals surface area contributed by atoms with Crippen LogP contribution >= 0.6 is 0 Å². The number of carboxylic acid groups (broad SMARTS) is 1. The summed E-state index contributed by atoms with van der Waals surface area (Å²) in [7, 11) is 1.58. The number of methoxy groups -OCH3 is 1. The summed E-state index contributed by atoms with van der Waals surface area (Å²) in [5, 5.41) is 11.7. The van der Waals surface area contributed by atoms with E-state index in [9.17, 15) is 9.59 Å². The van der Waals surface area contributed by atoms with E-state index in [4.69, 9.17) is 9.84 Å². The third-order valence-electron chi connectivity index (χ3n) is 3.25.